The van der Waals surface area contributed by atoms with E-state index in [1.54, 1.807) is 7.11 Å². The van der Waals surface area contributed by atoms with Gasteiger partial charge < -0.3 is 15.6 Å². The second-order valence-electron chi connectivity index (χ2n) is 5.54. The zero-order valence-corrected chi connectivity index (χ0v) is 13.9. The van der Waals surface area contributed by atoms with Crippen LogP contribution in [0.15, 0.2) is 10.5 Å². The predicted molar refractivity (Wildman–Crippen MR) is 85.8 cm³/mol. The Kier molecular flexibility index (Phi) is 5.65. The fraction of sp³-hybridized carbons (Fsp3) is 0.562. The van der Waals surface area contributed by atoms with Crippen molar-refractivity contribution in [2.24, 2.45) is 5.73 Å². The third-order valence-corrected chi connectivity index (χ3v) is 4.68. The van der Waals surface area contributed by atoms with Crippen molar-refractivity contribution in [3.63, 3.8) is 0 Å². The number of halogens is 1. The summed E-state index contributed by atoms with van der Waals surface area (Å²) in [5.74, 6) is -0.0564. The number of fused-ring (bicyclic) bond motifs is 1. The lowest BCUT2D eigenvalue weighted by molar-refractivity contribution is -0.137. The average molecular weight is 356 g/mol. The molecule has 0 fully saturated rings. The molecule has 21 heavy (non-hydrogen) atoms. The normalized spacial score (nSPS) is 16.0. The van der Waals surface area contributed by atoms with E-state index >= 15 is 0 Å². The van der Waals surface area contributed by atoms with Gasteiger partial charge in [0.2, 0.25) is 0 Å². The fourth-order valence-electron chi connectivity index (χ4n) is 3.08. The van der Waals surface area contributed by atoms with Crippen molar-refractivity contribution in [2.75, 3.05) is 7.11 Å². The van der Waals surface area contributed by atoms with Crippen molar-refractivity contribution in [3.05, 3.63) is 27.2 Å². The van der Waals surface area contributed by atoms with Gasteiger partial charge in [0.15, 0.2) is 0 Å². The van der Waals surface area contributed by atoms with Gasteiger partial charge in [-0.2, -0.15) is 0 Å². The van der Waals surface area contributed by atoms with Crippen LogP contribution in [-0.2, 0) is 17.6 Å². The third-order valence-electron chi connectivity index (χ3n) is 4.09. The molecular weight excluding hydrogens is 334 g/mol. The largest absolute Gasteiger partial charge is 0.495 e. The Morgan fingerprint density at radius 1 is 1.43 bits per heavy atom. The van der Waals surface area contributed by atoms with E-state index < -0.39 is 5.97 Å². The first kappa shape index (κ1) is 16.3. The smallest absolute Gasteiger partial charge is 0.303 e. The summed E-state index contributed by atoms with van der Waals surface area (Å²) in [6.45, 7) is 0. The average Bonchev–Trinajstić information content (AvgIpc) is 2.68. The molecule has 1 aromatic rings. The number of nitrogens with two attached hydrogens (primary N) is 1. The van der Waals surface area contributed by atoms with E-state index in [4.69, 9.17) is 15.6 Å². The maximum absolute atomic E-state index is 10.8. The third kappa shape index (κ3) is 3.77. The van der Waals surface area contributed by atoms with Gasteiger partial charge in [-0.1, -0.05) is 6.42 Å². The number of hydrogen-bond acceptors (Lipinski definition) is 3. The van der Waals surface area contributed by atoms with Gasteiger partial charge in [0.05, 0.1) is 11.6 Å². The highest BCUT2D eigenvalue weighted by atomic mass is 79.9. The molecule has 1 unspecified atom stereocenters. The lowest BCUT2D eigenvalue weighted by Gasteiger charge is -2.22. The molecule has 116 valence electrons. The molecule has 5 heteroatoms. The molecule has 1 atom stereocenters. The van der Waals surface area contributed by atoms with E-state index in [2.05, 4.69) is 22.0 Å². The second-order valence-corrected chi connectivity index (χ2v) is 6.40. The van der Waals surface area contributed by atoms with Crippen molar-refractivity contribution in [1.29, 1.82) is 0 Å². The van der Waals surface area contributed by atoms with Crippen molar-refractivity contribution in [2.45, 2.75) is 51.0 Å². The Morgan fingerprint density at radius 2 is 2.14 bits per heavy atom. The Hall–Kier alpha value is -1.07. The van der Waals surface area contributed by atoms with Gasteiger partial charge in [0, 0.05) is 18.0 Å². The van der Waals surface area contributed by atoms with Crippen LogP contribution < -0.4 is 10.5 Å². The number of carboxylic acid groups (broad SMARTS) is 1. The summed E-state index contributed by atoms with van der Waals surface area (Å²) in [7, 11) is 1.64. The maximum atomic E-state index is 10.8. The van der Waals surface area contributed by atoms with Gasteiger partial charge in [-0.05, 0) is 65.2 Å². The maximum Gasteiger partial charge on any atom is 0.303 e. The monoisotopic (exact) mass is 355 g/mol. The number of benzene rings is 1. The van der Waals surface area contributed by atoms with Crippen LogP contribution in [0.25, 0.3) is 0 Å². The Bertz CT molecular complexity index is 531. The van der Waals surface area contributed by atoms with Crippen LogP contribution in [0.4, 0.5) is 0 Å². The van der Waals surface area contributed by atoms with Crippen LogP contribution in [0.5, 0.6) is 5.75 Å². The molecule has 4 nitrogen and oxygen atoms in total. The summed E-state index contributed by atoms with van der Waals surface area (Å²) in [4.78, 5) is 10.8. The number of hydrogen-bond donors (Lipinski definition) is 2. The summed E-state index contributed by atoms with van der Waals surface area (Å²) in [5.41, 5.74) is 9.88. The molecule has 3 N–H and O–H groups in total. The van der Waals surface area contributed by atoms with Crippen LogP contribution in [-0.4, -0.2) is 18.2 Å². The van der Waals surface area contributed by atoms with E-state index in [1.807, 2.05) is 0 Å². The summed E-state index contributed by atoms with van der Waals surface area (Å²) in [6, 6.07) is 1.83. The number of carbonyl (C=O) groups is 1. The number of aliphatic carboxylic acids is 1. The van der Waals surface area contributed by atoms with Crippen molar-refractivity contribution >= 4 is 21.9 Å². The molecule has 2 rings (SSSR count). The highest BCUT2D eigenvalue weighted by Gasteiger charge is 2.23. The van der Waals surface area contributed by atoms with Crippen LogP contribution in [0, 0.1) is 0 Å². The molecule has 0 amide bonds. The van der Waals surface area contributed by atoms with Crippen LogP contribution in [0.1, 0.15) is 54.8 Å². The van der Waals surface area contributed by atoms with E-state index in [0.29, 0.717) is 6.42 Å². The molecule has 0 spiro atoms. The highest BCUT2D eigenvalue weighted by molar-refractivity contribution is 9.10. The van der Waals surface area contributed by atoms with E-state index in [1.165, 1.54) is 24.0 Å². The number of carboxylic acids is 1. The van der Waals surface area contributed by atoms with E-state index in [9.17, 15) is 4.79 Å². The van der Waals surface area contributed by atoms with E-state index in [-0.39, 0.29) is 12.5 Å². The van der Waals surface area contributed by atoms with Gasteiger partial charge in [-0.25, -0.2) is 0 Å². The zero-order valence-electron chi connectivity index (χ0n) is 12.3. The predicted octanol–water partition coefficient (Wildman–Crippen LogP) is 3.59. The van der Waals surface area contributed by atoms with Crippen LogP contribution >= 0.6 is 15.9 Å². The zero-order chi connectivity index (χ0) is 15.4. The summed E-state index contributed by atoms with van der Waals surface area (Å²) in [5, 5.41) is 8.88. The first-order valence-electron chi connectivity index (χ1n) is 7.40. The van der Waals surface area contributed by atoms with Gasteiger partial charge in [0.1, 0.15) is 5.75 Å². The second kappa shape index (κ2) is 7.27. The lowest BCUT2D eigenvalue weighted by Crippen LogP contribution is -2.17. The molecule has 1 aliphatic rings. The molecule has 0 heterocycles. The first-order valence-corrected chi connectivity index (χ1v) is 8.19. The molecule has 0 saturated heterocycles. The SMILES string of the molecule is COc1c(Br)cc2c(c1C(N)CCC(=O)O)CCCCC2. The minimum Gasteiger partial charge on any atom is -0.495 e. The minimum absolute atomic E-state index is 0.0750. The Balaban J connectivity index is 2.44. The molecular formula is C16H22BrNO3. The molecule has 0 radical (unpaired) electrons. The van der Waals surface area contributed by atoms with Crippen molar-refractivity contribution in [1.82, 2.24) is 0 Å². The van der Waals surface area contributed by atoms with Crippen molar-refractivity contribution < 1.29 is 14.6 Å². The number of rotatable bonds is 5. The summed E-state index contributed by atoms with van der Waals surface area (Å²) in [6.07, 6.45) is 6.11. The number of ether oxygens (including phenoxy) is 1. The topological polar surface area (TPSA) is 72.5 Å². The summed E-state index contributed by atoms with van der Waals surface area (Å²) >= 11 is 3.56. The lowest BCUT2D eigenvalue weighted by atomic mass is 9.90. The van der Waals surface area contributed by atoms with E-state index in [0.717, 1.165) is 35.0 Å². The quantitative estimate of drug-likeness (QED) is 0.791. The van der Waals surface area contributed by atoms with Crippen molar-refractivity contribution in [3.8, 4) is 5.75 Å². The molecule has 0 aliphatic heterocycles. The molecule has 0 saturated carbocycles. The summed E-state index contributed by atoms with van der Waals surface area (Å²) < 4.78 is 6.45. The standard InChI is InChI=1S/C16H22BrNO3/c1-21-16-12(17)9-10-5-3-2-4-6-11(10)15(16)13(18)7-8-14(19)20/h9,13H,2-8,18H2,1H3,(H,19,20). The number of methoxy groups -OCH3 is 1. The van der Waals surface area contributed by atoms with Crippen LogP contribution in [0.3, 0.4) is 0 Å². The fourth-order valence-corrected chi connectivity index (χ4v) is 3.73. The van der Waals surface area contributed by atoms with Gasteiger partial charge in [-0.15, -0.1) is 0 Å². The first-order chi connectivity index (χ1) is 10.0. The highest BCUT2D eigenvalue weighted by Crippen LogP contribution is 2.40. The van der Waals surface area contributed by atoms with Crippen LogP contribution in [0.2, 0.25) is 0 Å². The molecule has 0 aromatic heterocycles. The van der Waals surface area contributed by atoms with Gasteiger partial charge in [-0.3, -0.25) is 4.79 Å². The Labute approximate surface area is 133 Å². The minimum atomic E-state index is -0.814. The van der Waals surface area contributed by atoms with Gasteiger partial charge in [0.25, 0.3) is 0 Å². The molecule has 0 bridgehead atoms. The van der Waals surface area contributed by atoms with Gasteiger partial charge >= 0.3 is 5.97 Å². The molecule has 1 aliphatic carbocycles. The molecule has 1 aromatic carbocycles. The number of aryl methyl sites for hydroxylation is 1. The Morgan fingerprint density at radius 3 is 2.81 bits per heavy atom.